The molecular weight excluding hydrogens is 613 g/mol. The van der Waals surface area contributed by atoms with E-state index in [1.54, 1.807) is 0 Å². The fourth-order valence-corrected chi connectivity index (χ4v) is 8.74. The Bertz CT molecular complexity index is 2810. The number of thiophene rings is 1. The smallest absolute Gasteiger partial charge is 0.0640 e. The second-order valence-electron chi connectivity index (χ2n) is 12.6. The lowest BCUT2D eigenvalue weighted by molar-refractivity contribution is 1.17. The third-order valence-corrected chi connectivity index (χ3v) is 11.0. The van der Waals surface area contributed by atoms with E-state index >= 15 is 0 Å². The van der Waals surface area contributed by atoms with Crippen molar-refractivity contribution in [1.29, 1.82) is 0 Å². The maximum Gasteiger partial charge on any atom is 0.0640 e. The van der Waals surface area contributed by atoms with Gasteiger partial charge in [-0.25, -0.2) is 0 Å². The van der Waals surface area contributed by atoms with E-state index in [4.69, 9.17) is 0 Å². The van der Waals surface area contributed by atoms with Gasteiger partial charge in [-0.05, 0) is 82.6 Å². The van der Waals surface area contributed by atoms with Crippen LogP contribution < -0.4 is 4.90 Å². The molecule has 0 radical (unpaired) electrons. The van der Waals surface area contributed by atoms with Crippen LogP contribution in [-0.4, -0.2) is 4.57 Å². The van der Waals surface area contributed by atoms with Crippen LogP contribution in [0.15, 0.2) is 182 Å². The number of para-hydroxylation sites is 1. The van der Waals surface area contributed by atoms with Crippen LogP contribution >= 0.6 is 11.3 Å². The van der Waals surface area contributed by atoms with Crippen LogP contribution in [0.5, 0.6) is 0 Å². The van der Waals surface area contributed by atoms with Gasteiger partial charge in [0.05, 0.1) is 21.4 Å². The normalized spacial score (nSPS) is 11.7. The van der Waals surface area contributed by atoms with Crippen molar-refractivity contribution in [3.05, 3.63) is 182 Å². The molecule has 10 aromatic rings. The highest BCUT2D eigenvalue weighted by Crippen LogP contribution is 2.45. The average molecular weight is 643 g/mol. The van der Waals surface area contributed by atoms with Gasteiger partial charge >= 0.3 is 0 Å². The van der Waals surface area contributed by atoms with E-state index < -0.39 is 0 Å². The number of hydrogen-bond acceptors (Lipinski definition) is 2. The minimum Gasteiger partial charge on any atom is -0.309 e. The standard InChI is InChI=1S/C46H30N2S/c1-2-11-31(12-3-1)32-21-24-34(25-22-32)47(43-19-10-17-39-38-15-7-9-20-44(38)49-46(39)43)35-26-28-36(29-27-35)48-41-18-8-6-16-40(41)45-37-14-5-4-13-33(37)23-30-42(45)48/h1-30H. The zero-order valence-electron chi connectivity index (χ0n) is 26.6. The quantitative estimate of drug-likeness (QED) is 0.181. The van der Waals surface area contributed by atoms with Gasteiger partial charge in [0, 0.05) is 43.3 Å². The summed E-state index contributed by atoms with van der Waals surface area (Å²) in [6.07, 6.45) is 0. The van der Waals surface area contributed by atoms with Crippen molar-refractivity contribution in [1.82, 2.24) is 4.57 Å². The van der Waals surface area contributed by atoms with Gasteiger partial charge in [-0.15, -0.1) is 11.3 Å². The van der Waals surface area contributed by atoms with Gasteiger partial charge in [0.15, 0.2) is 0 Å². The van der Waals surface area contributed by atoms with E-state index in [0.717, 1.165) is 17.1 Å². The molecule has 2 aromatic heterocycles. The third-order valence-electron chi connectivity index (χ3n) is 9.79. The Labute approximate surface area is 288 Å². The fourth-order valence-electron chi connectivity index (χ4n) is 7.54. The van der Waals surface area contributed by atoms with E-state index in [1.807, 2.05) is 11.3 Å². The van der Waals surface area contributed by atoms with Crippen LogP contribution in [-0.2, 0) is 0 Å². The van der Waals surface area contributed by atoms with E-state index in [-0.39, 0.29) is 0 Å². The summed E-state index contributed by atoms with van der Waals surface area (Å²) in [6, 6.07) is 66.1. The van der Waals surface area contributed by atoms with Crippen molar-refractivity contribution in [2.24, 2.45) is 0 Å². The van der Waals surface area contributed by atoms with E-state index in [9.17, 15) is 0 Å². The minimum absolute atomic E-state index is 1.12. The van der Waals surface area contributed by atoms with Gasteiger partial charge in [-0.1, -0.05) is 121 Å². The number of fused-ring (bicyclic) bond motifs is 8. The summed E-state index contributed by atoms with van der Waals surface area (Å²) in [5.74, 6) is 0. The molecule has 2 nitrogen and oxygen atoms in total. The van der Waals surface area contributed by atoms with E-state index in [1.165, 1.54) is 69.6 Å². The Morgan fingerprint density at radius 2 is 1.04 bits per heavy atom. The predicted molar refractivity (Wildman–Crippen MR) is 211 cm³/mol. The summed E-state index contributed by atoms with van der Waals surface area (Å²) >= 11 is 1.87. The number of nitrogens with zero attached hydrogens (tertiary/aromatic N) is 2. The fraction of sp³-hybridized carbons (Fsp3) is 0. The topological polar surface area (TPSA) is 8.17 Å². The average Bonchev–Trinajstić information content (AvgIpc) is 3.73. The molecule has 0 amide bonds. The second-order valence-corrected chi connectivity index (χ2v) is 13.6. The van der Waals surface area contributed by atoms with Crippen molar-refractivity contribution < 1.29 is 0 Å². The van der Waals surface area contributed by atoms with Crippen molar-refractivity contribution >= 4 is 81.1 Å². The first-order valence-electron chi connectivity index (χ1n) is 16.7. The molecule has 10 rings (SSSR count). The van der Waals surface area contributed by atoms with Gasteiger partial charge in [-0.2, -0.15) is 0 Å². The molecule has 0 aliphatic carbocycles. The number of rotatable bonds is 5. The van der Waals surface area contributed by atoms with Crippen LogP contribution in [0.25, 0.3) is 69.6 Å². The van der Waals surface area contributed by atoms with Crippen molar-refractivity contribution in [2.45, 2.75) is 0 Å². The summed E-state index contributed by atoms with van der Waals surface area (Å²) in [7, 11) is 0. The maximum atomic E-state index is 2.41. The highest BCUT2D eigenvalue weighted by atomic mass is 32.1. The zero-order chi connectivity index (χ0) is 32.3. The molecule has 49 heavy (non-hydrogen) atoms. The Balaban J connectivity index is 1.15. The first-order valence-corrected chi connectivity index (χ1v) is 17.5. The molecule has 8 aromatic carbocycles. The molecule has 3 heteroatoms. The number of hydrogen-bond donors (Lipinski definition) is 0. The maximum absolute atomic E-state index is 2.41. The highest BCUT2D eigenvalue weighted by Gasteiger charge is 2.19. The monoisotopic (exact) mass is 642 g/mol. The molecule has 0 aliphatic heterocycles. The Kier molecular flexibility index (Phi) is 6.39. The molecule has 0 bridgehead atoms. The second kappa shape index (κ2) is 11.2. The van der Waals surface area contributed by atoms with Gasteiger partial charge in [0.1, 0.15) is 0 Å². The SMILES string of the molecule is c1ccc(-c2ccc(N(c3ccc(-n4c5ccccc5c5c6ccccc6ccc54)cc3)c3cccc4c3sc3ccccc34)cc2)cc1. The van der Waals surface area contributed by atoms with Gasteiger partial charge in [-0.3, -0.25) is 0 Å². The lowest BCUT2D eigenvalue weighted by Gasteiger charge is -2.26. The molecule has 0 N–H and O–H groups in total. The minimum atomic E-state index is 1.12. The number of anilines is 3. The summed E-state index contributed by atoms with van der Waals surface area (Å²) in [5, 5.41) is 7.71. The van der Waals surface area contributed by atoms with Crippen LogP contribution in [0.4, 0.5) is 17.1 Å². The Morgan fingerprint density at radius 1 is 0.408 bits per heavy atom. The largest absolute Gasteiger partial charge is 0.309 e. The van der Waals surface area contributed by atoms with Gasteiger partial charge in [0.2, 0.25) is 0 Å². The molecule has 0 aliphatic rings. The Morgan fingerprint density at radius 3 is 1.86 bits per heavy atom. The predicted octanol–water partition coefficient (Wildman–Crippen LogP) is 13.4. The van der Waals surface area contributed by atoms with Crippen LogP contribution in [0.2, 0.25) is 0 Å². The number of benzene rings is 8. The molecule has 230 valence electrons. The molecule has 0 fully saturated rings. The van der Waals surface area contributed by atoms with Gasteiger partial charge < -0.3 is 9.47 Å². The van der Waals surface area contributed by atoms with Crippen LogP contribution in [0.1, 0.15) is 0 Å². The Hall–Kier alpha value is -6.16. The van der Waals surface area contributed by atoms with Crippen molar-refractivity contribution in [3.8, 4) is 16.8 Å². The lowest BCUT2D eigenvalue weighted by Crippen LogP contribution is -2.10. The molecule has 0 saturated carbocycles. The molecule has 0 saturated heterocycles. The highest BCUT2D eigenvalue weighted by molar-refractivity contribution is 7.26. The summed E-state index contributed by atoms with van der Waals surface area (Å²) < 4.78 is 5.00. The van der Waals surface area contributed by atoms with E-state index in [0.29, 0.717) is 0 Å². The van der Waals surface area contributed by atoms with Crippen LogP contribution in [0, 0.1) is 0 Å². The summed E-state index contributed by atoms with van der Waals surface area (Å²) in [6.45, 7) is 0. The molecular formula is C46H30N2S. The van der Waals surface area contributed by atoms with Crippen LogP contribution in [0.3, 0.4) is 0 Å². The summed E-state index contributed by atoms with van der Waals surface area (Å²) in [5.41, 5.74) is 9.43. The van der Waals surface area contributed by atoms with Crippen molar-refractivity contribution in [2.75, 3.05) is 4.90 Å². The third kappa shape index (κ3) is 4.47. The molecule has 0 spiro atoms. The number of aromatic nitrogens is 1. The van der Waals surface area contributed by atoms with Crippen molar-refractivity contribution in [3.63, 3.8) is 0 Å². The van der Waals surface area contributed by atoms with E-state index in [2.05, 4.69) is 191 Å². The zero-order valence-corrected chi connectivity index (χ0v) is 27.4. The molecule has 2 heterocycles. The molecule has 0 unspecified atom stereocenters. The first kappa shape index (κ1) is 27.9. The molecule has 0 atom stereocenters. The lowest BCUT2D eigenvalue weighted by atomic mass is 10.0. The van der Waals surface area contributed by atoms with Gasteiger partial charge in [0.25, 0.3) is 0 Å². The summed E-state index contributed by atoms with van der Waals surface area (Å²) in [4.78, 5) is 2.41. The first-order chi connectivity index (χ1) is 24.3.